The lowest BCUT2D eigenvalue weighted by atomic mass is 9.99. The van der Waals surface area contributed by atoms with Gasteiger partial charge in [0, 0.05) is 23.2 Å². The monoisotopic (exact) mass is 315 g/mol. The summed E-state index contributed by atoms with van der Waals surface area (Å²) in [6.07, 6.45) is 5.07. The summed E-state index contributed by atoms with van der Waals surface area (Å²) in [6, 6.07) is 12.8. The van der Waals surface area contributed by atoms with Crippen LogP contribution >= 0.6 is 11.3 Å². The van der Waals surface area contributed by atoms with Crippen LogP contribution in [0.3, 0.4) is 0 Å². The Morgan fingerprint density at radius 1 is 1.23 bits per heavy atom. The average Bonchev–Trinajstić information content (AvgIpc) is 3.05. The third kappa shape index (κ3) is 3.02. The van der Waals surface area contributed by atoms with Gasteiger partial charge >= 0.3 is 5.97 Å². The topological polar surface area (TPSA) is 40.5 Å². The fraction of sp³-hybridized carbons (Fsp3) is 0.389. The van der Waals surface area contributed by atoms with Crippen LogP contribution in [-0.4, -0.2) is 23.7 Å². The molecule has 1 saturated heterocycles. The minimum Gasteiger partial charge on any atom is -0.477 e. The van der Waals surface area contributed by atoms with E-state index < -0.39 is 5.97 Å². The number of carboxylic acid groups (broad SMARTS) is 1. The van der Waals surface area contributed by atoms with Gasteiger partial charge in [-0.05, 0) is 55.5 Å². The lowest BCUT2D eigenvalue weighted by Crippen LogP contribution is -2.39. The number of nitrogens with zero attached hydrogens (tertiary/aromatic N) is 1. The van der Waals surface area contributed by atoms with Gasteiger partial charge in [-0.3, -0.25) is 0 Å². The second-order valence-electron chi connectivity index (χ2n) is 5.77. The van der Waals surface area contributed by atoms with E-state index in [0.717, 1.165) is 17.0 Å². The molecule has 0 spiro atoms. The number of carbonyl (C=O) groups is 1. The number of aromatic carboxylic acids is 1. The molecule has 1 atom stereocenters. The van der Waals surface area contributed by atoms with E-state index in [2.05, 4.69) is 36.1 Å². The lowest BCUT2D eigenvalue weighted by Gasteiger charge is -2.37. The highest BCUT2D eigenvalue weighted by Gasteiger charge is 2.20. The molecule has 3 nitrogen and oxygen atoms in total. The van der Waals surface area contributed by atoms with E-state index >= 15 is 0 Å². The van der Waals surface area contributed by atoms with Gasteiger partial charge in [0.1, 0.15) is 4.88 Å². The Balaban J connectivity index is 1.81. The van der Waals surface area contributed by atoms with E-state index in [-0.39, 0.29) is 0 Å². The molecule has 1 aromatic carbocycles. The number of carboxylic acids is 1. The van der Waals surface area contributed by atoms with Crippen molar-refractivity contribution in [2.24, 2.45) is 0 Å². The summed E-state index contributed by atoms with van der Waals surface area (Å²) in [5, 5.41) is 9.02. The summed E-state index contributed by atoms with van der Waals surface area (Å²) < 4.78 is 0. The van der Waals surface area contributed by atoms with E-state index in [1.807, 2.05) is 6.07 Å². The molecule has 2 aromatic rings. The third-order valence-corrected chi connectivity index (χ3v) is 5.52. The summed E-state index contributed by atoms with van der Waals surface area (Å²) in [5.41, 5.74) is 2.37. The smallest absolute Gasteiger partial charge is 0.345 e. The van der Waals surface area contributed by atoms with Crippen molar-refractivity contribution in [3.05, 3.63) is 41.3 Å². The second-order valence-corrected chi connectivity index (χ2v) is 6.85. The normalized spacial score (nSPS) is 18.4. The van der Waals surface area contributed by atoms with Crippen LogP contribution in [0.15, 0.2) is 36.4 Å². The summed E-state index contributed by atoms with van der Waals surface area (Å²) in [5.74, 6) is -0.855. The Morgan fingerprint density at radius 3 is 2.64 bits per heavy atom. The molecule has 0 radical (unpaired) electrons. The van der Waals surface area contributed by atoms with Crippen LogP contribution in [0.25, 0.3) is 10.4 Å². The van der Waals surface area contributed by atoms with Gasteiger partial charge < -0.3 is 10.0 Å². The number of hydrogen-bond acceptors (Lipinski definition) is 3. The van der Waals surface area contributed by atoms with E-state index in [1.54, 1.807) is 6.07 Å². The predicted molar refractivity (Wildman–Crippen MR) is 92.0 cm³/mol. The average molecular weight is 315 g/mol. The van der Waals surface area contributed by atoms with E-state index in [1.165, 1.54) is 42.7 Å². The zero-order chi connectivity index (χ0) is 15.5. The van der Waals surface area contributed by atoms with Crippen molar-refractivity contribution in [1.82, 2.24) is 0 Å². The maximum atomic E-state index is 11.0. The first-order valence-electron chi connectivity index (χ1n) is 7.89. The highest BCUT2D eigenvalue weighted by atomic mass is 32.1. The van der Waals surface area contributed by atoms with Gasteiger partial charge in [-0.25, -0.2) is 4.79 Å². The van der Waals surface area contributed by atoms with E-state index in [9.17, 15) is 4.79 Å². The third-order valence-electron chi connectivity index (χ3n) is 4.40. The van der Waals surface area contributed by atoms with Crippen molar-refractivity contribution in [1.29, 1.82) is 0 Å². The van der Waals surface area contributed by atoms with Gasteiger partial charge in [0.05, 0.1) is 0 Å². The molecule has 1 aliphatic heterocycles. The number of thiophene rings is 1. The standard InChI is InChI=1S/C18H21NO2S/c1-2-14-5-3-4-12-19(14)15-8-6-13(7-9-15)16-10-11-17(22-16)18(20)21/h6-11,14H,2-5,12H2,1H3,(H,20,21)/t14-/m1/s1. The van der Waals surface area contributed by atoms with Gasteiger partial charge in [0.2, 0.25) is 0 Å². The fourth-order valence-electron chi connectivity index (χ4n) is 3.19. The van der Waals surface area contributed by atoms with Crippen molar-refractivity contribution >= 4 is 23.0 Å². The quantitative estimate of drug-likeness (QED) is 0.874. The summed E-state index contributed by atoms with van der Waals surface area (Å²) >= 11 is 1.33. The van der Waals surface area contributed by atoms with E-state index in [4.69, 9.17) is 5.11 Å². The zero-order valence-corrected chi connectivity index (χ0v) is 13.6. The first-order valence-corrected chi connectivity index (χ1v) is 8.71. The Kier molecular flexibility index (Phi) is 4.48. The van der Waals surface area contributed by atoms with Crippen LogP contribution in [0.4, 0.5) is 5.69 Å². The predicted octanol–water partition coefficient (Wildman–Crippen LogP) is 4.88. The summed E-state index contributed by atoms with van der Waals surface area (Å²) in [4.78, 5) is 14.9. The lowest BCUT2D eigenvalue weighted by molar-refractivity contribution is 0.0702. The van der Waals surface area contributed by atoms with Crippen molar-refractivity contribution in [3.63, 3.8) is 0 Å². The molecule has 0 amide bonds. The van der Waals surface area contributed by atoms with Gasteiger partial charge in [-0.15, -0.1) is 11.3 Å². The zero-order valence-electron chi connectivity index (χ0n) is 12.8. The van der Waals surface area contributed by atoms with Crippen LogP contribution in [-0.2, 0) is 0 Å². The van der Waals surface area contributed by atoms with Crippen LogP contribution in [0, 0.1) is 0 Å². The van der Waals surface area contributed by atoms with Crippen LogP contribution in [0.1, 0.15) is 42.3 Å². The minimum absolute atomic E-state index is 0.390. The second kappa shape index (κ2) is 6.53. The highest BCUT2D eigenvalue weighted by molar-refractivity contribution is 7.17. The molecule has 4 heteroatoms. The highest BCUT2D eigenvalue weighted by Crippen LogP contribution is 2.32. The molecule has 3 rings (SSSR count). The minimum atomic E-state index is -0.855. The van der Waals surface area contributed by atoms with E-state index in [0.29, 0.717) is 10.9 Å². The molecule has 116 valence electrons. The van der Waals surface area contributed by atoms with Crippen LogP contribution < -0.4 is 4.90 Å². The molecule has 0 bridgehead atoms. The molecule has 1 aromatic heterocycles. The number of anilines is 1. The molecule has 0 saturated carbocycles. The molecule has 0 unspecified atom stereocenters. The van der Waals surface area contributed by atoms with Crippen molar-refractivity contribution in [2.75, 3.05) is 11.4 Å². The molecule has 22 heavy (non-hydrogen) atoms. The Hall–Kier alpha value is -1.81. The van der Waals surface area contributed by atoms with Gasteiger partial charge in [-0.2, -0.15) is 0 Å². The maximum absolute atomic E-state index is 11.0. The van der Waals surface area contributed by atoms with Gasteiger partial charge in [0.25, 0.3) is 0 Å². The largest absolute Gasteiger partial charge is 0.477 e. The molecule has 1 fully saturated rings. The number of hydrogen-bond donors (Lipinski definition) is 1. The van der Waals surface area contributed by atoms with Crippen LogP contribution in [0.5, 0.6) is 0 Å². The summed E-state index contributed by atoms with van der Waals surface area (Å²) in [7, 11) is 0. The van der Waals surface area contributed by atoms with Gasteiger partial charge in [-0.1, -0.05) is 19.1 Å². The molecular formula is C18H21NO2S. The van der Waals surface area contributed by atoms with Crippen molar-refractivity contribution < 1.29 is 9.90 Å². The number of benzene rings is 1. The Bertz CT molecular complexity index is 647. The molecule has 1 aliphatic rings. The van der Waals surface area contributed by atoms with Crippen LogP contribution in [0.2, 0.25) is 0 Å². The Labute approximate surface area is 135 Å². The van der Waals surface area contributed by atoms with Crippen molar-refractivity contribution in [2.45, 2.75) is 38.6 Å². The fourth-order valence-corrected chi connectivity index (χ4v) is 4.04. The number of rotatable bonds is 4. The van der Waals surface area contributed by atoms with Crippen molar-refractivity contribution in [3.8, 4) is 10.4 Å². The number of piperidine rings is 1. The summed E-state index contributed by atoms with van der Waals surface area (Å²) in [6.45, 7) is 3.40. The maximum Gasteiger partial charge on any atom is 0.345 e. The first kappa shape index (κ1) is 15.1. The molecule has 1 N–H and O–H groups in total. The Morgan fingerprint density at radius 2 is 2.00 bits per heavy atom. The molecule has 2 heterocycles. The molecule has 0 aliphatic carbocycles. The first-order chi connectivity index (χ1) is 10.7. The van der Waals surface area contributed by atoms with Gasteiger partial charge in [0.15, 0.2) is 0 Å². The molecular weight excluding hydrogens is 294 g/mol. The SMILES string of the molecule is CC[C@@H]1CCCCN1c1ccc(-c2ccc(C(=O)O)s2)cc1.